The van der Waals surface area contributed by atoms with Crippen LogP contribution in [0.15, 0.2) is 47.5 Å². The van der Waals surface area contributed by atoms with Crippen molar-refractivity contribution in [2.45, 2.75) is 13.5 Å². The van der Waals surface area contributed by atoms with Gasteiger partial charge >= 0.3 is 11.9 Å². The monoisotopic (exact) mass is 432 g/mol. The van der Waals surface area contributed by atoms with Gasteiger partial charge in [-0.2, -0.15) is 4.99 Å². The van der Waals surface area contributed by atoms with Crippen molar-refractivity contribution < 1.29 is 23.9 Å². The standard InChI is InChI=1S/C20H17ClN2O5S/c1-3-28-17(24)11-23-15-9-8-14(21)10-16(15)29-20(23)22-18(25)12-4-6-13(7-5-12)19(26)27-2/h4-10H,3,11H2,1-2H3. The predicted molar refractivity (Wildman–Crippen MR) is 109 cm³/mol. The number of halogens is 1. The highest BCUT2D eigenvalue weighted by molar-refractivity contribution is 7.16. The number of methoxy groups -OCH3 is 1. The number of rotatable bonds is 5. The van der Waals surface area contributed by atoms with E-state index in [9.17, 15) is 14.4 Å². The van der Waals surface area contributed by atoms with Crippen LogP contribution in [0.5, 0.6) is 0 Å². The highest BCUT2D eigenvalue weighted by Crippen LogP contribution is 2.22. The molecule has 7 nitrogen and oxygen atoms in total. The molecule has 150 valence electrons. The molecule has 0 atom stereocenters. The highest BCUT2D eigenvalue weighted by Gasteiger charge is 2.14. The van der Waals surface area contributed by atoms with E-state index < -0.39 is 17.8 Å². The number of carbonyl (C=O) groups is 3. The Bertz CT molecular complexity index is 1150. The topological polar surface area (TPSA) is 87.0 Å². The average Bonchev–Trinajstić information content (AvgIpc) is 3.03. The molecule has 0 aliphatic heterocycles. The SMILES string of the molecule is CCOC(=O)Cn1c(=NC(=O)c2ccc(C(=O)OC)cc2)sc2cc(Cl)ccc21. The van der Waals surface area contributed by atoms with Gasteiger partial charge in [0, 0.05) is 10.6 Å². The first-order chi connectivity index (χ1) is 13.9. The van der Waals surface area contributed by atoms with Gasteiger partial charge in [0.1, 0.15) is 6.54 Å². The number of nitrogens with zero attached hydrogens (tertiary/aromatic N) is 2. The molecule has 3 rings (SSSR count). The number of hydrogen-bond acceptors (Lipinski definition) is 6. The molecule has 0 spiro atoms. The maximum Gasteiger partial charge on any atom is 0.337 e. The Kier molecular flexibility index (Phi) is 6.46. The summed E-state index contributed by atoms with van der Waals surface area (Å²) in [6, 6.07) is 11.2. The fourth-order valence-corrected chi connectivity index (χ4v) is 3.94. The number of amides is 1. The van der Waals surface area contributed by atoms with Crippen LogP contribution in [0.1, 0.15) is 27.6 Å². The van der Waals surface area contributed by atoms with Crippen molar-refractivity contribution in [1.29, 1.82) is 0 Å². The molecule has 1 heterocycles. The van der Waals surface area contributed by atoms with Crippen molar-refractivity contribution in [3.05, 3.63) is 63.4 Å². The summed E-state index contributed by atoms with van der Waals surface area (Å²) in [6.07, 6.45) is 0. The minimum Gasteiger partial charge on any atom is -0.465 e. The first-order valence-corrected chi connectivity index (χ1v) is 9.84. The Labute approximate surface area is 175 Å². The zero-order valence-electron chi connectivity index (χ0n) is 15.7. The maximum atomic E-state index is 12.6. The van der Waals surface area contributed by atoms with Gasteiger partial charge in [0.15, 0.2) is 4.80 Å². The first kappa shape index (κ1) is 20.8. The van der Waals surface area contributed by atoms with Crippen LogP contribution in [-0.2, 0) is 20.8 Å². The van der Waals surface area contributed by atoms with E-state index >= 15 is 0 Å². The molecule has 0 unspecified atom stereocenters. The third kappa shape index (κ3) is 4.72. The Morgan fingerprint density at radius 2 is 1.79 bits per heavy atom. The van der Waals surface area contributed by atoms with E-state index in [0.29, 0.717) is 21.0 Å². The van der Waals surface area contributed by atoms with E-state index in [4.69, 9.17) is 16.3 Å². The molecule has 0 N–H and O–H groups in total. The minimum absolute atomic E-state index is 0.0805. The van der Waals surface area contributed by atoms with Gasteiger partial charge in [-0.05, 0) is 49.4 Å². The number of aromatic nitrogens is 1. The van der Waals surface area contributed by atoms with Crippen LogP contribution in [0.2, 0.25) is 5.02 Å². The summed E-state index contributed by atoms with van der Waals surface area (Å²) >= 11 is 7.30. The maximum absolute atomic E-state index is 12.6. The van der Waals surface area contributed by atoms with Crippen molar-refractivity contribution in [1.82, 2.24) is 4.57 Å². The lowest BCUT2D eigenvalue weighted by Gasteiger charge is -2.05. The number of thiazole rings is 1. The molecule has 0 radical (unpaired) electrons. The Morgan fingerprint density at radius 3 is 2.45 bits per heavy atom. The largest absolute Gasteiger partial charge is 0.465 e. The molecule has 1 amide bonds. The zero-order chi connectivity index (χ0) is 21.0. The Hall–Kier alpha value is -2.97. The zero-order valence-corrected chi connectivity index (χ0v) is 17.2. The molecule has 0 bridgehead atoms. The van der Waals surface area contributed by atoms with Gasteiger partial charge in [-0.1, -0.05) is 22.9 Å². The van der Waals surface area contributed by atoms with E-state index in [-0.39, 0.29) is 13.2 Å². The van der Waals surface area contributed by atoms with Gasteiger partial charge < -0.3 is 14.0 Å². The van der Waals surface area contributed by atoms with Crippen molar-refractivity contribution >= 4 is 51.0 Å². The summed E-state index contributed by atoms with van der Waals surface area (Å²) in [4.78, 5) is 40.7. The smallest absolute Gasteiger partial charge is 0.337 e. The van der Waals surface area contributed by atoms with E-state index in [2.05, 4.69) is 9.73 Å². The summed E-state index contributed by atoms with van der Waals surface area (Å²) in [5, 5.41) is 0.540. The molecule has 0 saturated carbocycles. The van der Waals surface area contributed by atoms with Gasteiger partial charge in [-0.15, -0.1) is 0 Å². The summed E-state index contributed by atoms with van der Waals surface area (Å²) in [6.45, 7) is 1.90. The summed E-state index contributed by atoms with van der Waals surface area (Å²) in [5.41, 5.74) is 1.36. The second-order valence-corrected chi connectivity index (χ2v) is 7.32. The molecule has 0 aliphatic rings. The normalized spacial score (nSPS) is 11.5. The van der Waals surface area contributed by atoms with E-state index in [1.165, 1.54) is 42.7 Å². The third-order valence-electron chi connectivity index (χ3n) is 3.99. The molecule has 2 aromatic carbocycles. The second-order valence-electron chi connectivity index (χ2n) is 5.87. The molecule has 1 aromatic heterocycles. The number of hydrogen-bond donors (Lipinski definition) is 0. The fourth-order valence-electron chi connectivity index (χ4n) is 2.64. The molecule has 3 aromatic rings. The van der Waals surface area contributed by atoms with Gasteiger partial charge in [-0.25, -0.2) is 4.79 Å². The van der Waals surface area contributed by atoms with Gasteiger partial charge in [0.05, 0.1) is 29.5 Å². The molecule has 9 heteroatoms. The van der Waals surface area contributed by atoms with Crippen LogP contribution >= 0.6 is 22.9 Å². The number of fused-ring (bicyclic) bond motifs is 1. The Balaban J connectivity index is 2.02. The van der Waals surface area contributed by atoms with Crippen molar-refractivity contribution in [2.24, 2.45) is 4.99 Å². The first-order valence-electron chi connectivity index (χ1n) is 8.65. The fraction of sp³-hybridized carbons (Fsp3) is 0.200. The van der Waals surface area contributed by atoms with Crippen molar-refractivity contribution in [2.75, 3.05) is 13.7 Å². The summed E-state index contributed by atoms with van der Waals surface area (Å²) in [5.74, 6) is -1.43. The number of benzene rings is 2. The molecule has 0 saturated heterocycles. The van der Waals surface area contributed by atoms with Crippen LogP contribution in [0, 0.1) is 0 Å². The molecule has 0 fully saturated rings. The van der Waals surface area contributed by atoms with Gasteiger partial charge in [0.2, 0.25) is 0 Å². The molecular formula is C20H17ClN2O5S. The van der Waals surface area contributed by atoms with Crippen LogP contribution in [0.25, 0.3) is 10.2 Å². The number of carbonyl (C=O) groups excluding carboxylic acids is 3. The lowest BCUT2D eigenvalue weighted by molar-refractivity contribution is -0.143. The van der Waals surface area contributed by atoms with Crippen LogP contribution < -0.4 is 4.80 Å². The molecule has 0 aliphatic carbocycles. The lowest BCUT2D eigenvalue weighted by Crippen LogP contribution is -2.23. The van der Waals surface area contributed by atoms with Crippen molar-refractivity contribution in [3.63, 3.8) is 0 Å². The minimum atomic E-state index is -0.503. The van der Waals surface area contributed by atoms with Crippen molar-refractivity contribution in [3.8, 4) is 0 Å². The lowest BCUT2D eigenvalue weighted by atomic mass is 10.1. The van der Waals surface area contributed by atoms with E-state index in [1.54, 1.807) is 29.7 Å². The molecule has 29 heavy (non-hydrogen) atoms. The average molecular weight is 433 g/mol. The molecular weight excluding hydrogens is 416 g/mol. The highest BCUT2D eigenvalue weighted by atomic mass is 35.5. The Morgan fingerprint density at radius 1 is 1.10 bits per heavy atom. The van der Waals surface area contributed by atoms with E-state index in [0.717, 1.165) is 10.2 Å². The van der Waals surface area contributed by atoms with Crippen LogP contribution in [-0.4, -0.2) is 36.1 Å². The van der Waals surface area contributed by atoms with Gasteiger partial charge in [0.25, 0.3) is 5.91 Å². The number of ether oxygens (including phenoxy) is 2. The predicted octanol–water partition coefficient (Wildman–Crippen LogP) is 3.45. The number of esters is 2. The van der Waals surface area contributed by atoms with Crippen LogP contribution in [0.4, 0.5) is 0 Å². The second kappa shape index (κ2) is 9.02. The quantitative estimate of drug-likeness (QED) is 0.576. The summed E-state index contributed by atoms with van der Waals surface area (Å²) in [7, 11) is 1.28. The van der Waals surface area contributed by atoms with Gasteiger partial charge in [-0.3, -0.25) is 9.59 Å². The van der Waals surface area contributed by atoms with E-state index in [1.807, 2.05) is 0 Å². The van der Waals surface area contributed by atoms with Crippen LogP contribution in [0.3, 0.4) is 0 Å². The summed E-state index contributed by atoms with van der Waals surface area (Å²) < 4.78 is 12.1. The third-order valence-corrected chi connectivity index (χ3v) is 5.26.